The van der Waals surface area contributed by atoms with Gasteiger partial charge in [-0.05, 0) is 104 Å². The largest absolute Gasteiger partial charge is 0.299 e. The molecule has 1 heterocycles. The Kier molecular flexibility index (Phi) is 7.68. The van der Waals surface area contributed by atoms with E-state index in [0.29, 0.717) is 34.7 Å². The molecule has 1 aromatic heterocycles. The van der Waals surface area contributed by atoms with Crippen molar-refractivity contribution < 1.29 is 9.59 Å². The second-order valence-corrected chi connectivity index (χ2v) is 13.2. The lowest BCUT2D eigenvalue weighted by atomic mass is 9.47. The molecule has 0 aliphatic heterocycles. The smallest absolute Gasteiger partial charge is 0.178 e. The lowest BCUT2D eigenvalue weighted by molar-refractivity contribution is -0.131. The molecule has 7 nitrogen and oxygen atoms in total. The number of nitrogens with zero attached hydrogens (tertiary/aromatic N) is 5. The number of aromatic nitrogens is 3. The van der Waals surface area contributed by atoms with Gasteiger partial charge in [0.15, 0.2) is 5.78 Å². The first-order valence-corrected chi connectivity index (χ1v) is 15.5. The highest BCUT2D eigenvalue weighted by Crippen LogP contribution is 2.64. The topological polar surface area (TPSA) is 112 Å². The van der Waals surface area contributed by atoms with Crippen LogP contribution in [0.3, 0.4) is 0 Å². The highest BCUT2D eigenvalue weighted by atomic mass is 16.1. The molecule has 44 heavy (non-hydrogen) atoms. The maximum atomic E-state index is 12.4. The first-order chi connectivity index (χ1) is 21.2. The zero-order valence-electron chi connectivity index (χ0n) is 25.5. The summed E-state index contributed by atoms with van der Waals surface area (Å²) in [5.74, 6) is 2.51. The van der Waals surface area contributed by atoms with Crippen LogP contribution in [0.4, 0.5) is 0 Å². The molecule has 0 spiro atoms. The van der Waals surface area contributed by atoms with E-state index in [9.17, 15) is 9.59 Å². The van der Waals surface area contributed by atoms with Gasteiger partial charge in [0.05, 0.1) is 23.3 Å². The van der Waals surface area contributed by atoms with E-state index in [1.54, 1.807) is 35.3 Å². The Morgan fingerprint density at radius 2 is 1.50 bits per heavy atom. The van der Waals surface area contributed by atoms with E-state index >= 15 is 0 Å². The molecular weight excluding hydrogens is 546 g/mol. The van der Waals surface area contributed by atoms with Crippen molar-refractivity contribution in [2.45, 2.75) is 65.3 Å². The zero-order chi connectivity index (χ0) is 31.1. The van der Waals surface area contributed by atoms with Gasteiger partial charge < -0.3 is 0 Å². The Labute approximate surface area is 258 Å². The van der Waals surface area contributed by atoms with Gasteiger partial charge in [0.25, 0.3) is 0 Å². The Morgan fingerprint density at radius 1 is 0.864 bits per heavy atom. The minimum Gasteiger partial charge on any atom is -0.299 e. The van der Waals surface area contributed by atoms with Crippen LogP contribution in [-0.2, 0) is 9.59 Å². The fraction of sp³-hybridized carbons (Fsp3) is 0.405. The number of ketones is 2. The molecule has 7 rings (SSSR count). The molecule has 3 saturated carbocycles. The fourth-order valence-electron chi connectivity index (χ4n) is 8.67. The first-order valence-electron chi connectivity index (χ1n) is 15.5. The summed E-state index contributed by atoms with van der Waals surface area (Å²) in [5.41, 5.74) is 5.82. The van der Waals surface area contributed by atoms with Crippen LogP contribution in [0.2, 0.25) is 0 Å². The van der Waals surface area contributed by atoms with Gasteiger partial charge in [-0.1, -0.05) is 49.3 Å². The highest BCUT2D eigenvalue weighted by molar-refractivity contribution is 6.02. The van der Waals surface area contributed by atoms with E-state index in [0.717, 1.165) is 43.2 Å². The first kappa shape index (κ1) is 29.5. The predicted molar refractivity (Wildman–Crippen MR) is 166 cm³/mol. The molecule has 0 bridgehead atoms. The molecule has 2 aromatic carbocycles. The summed E-state index contributed by atoms with van der Waals surface area (Å²) < 4.78 is 1.75. The molecule has 5 atom stereocenters. The third-order valence-electron chi connectivity index (χ3n) is 11.2. The number of hydrogen-bond donors (Lipinski definition) is 0. The zero-order valence-corrected chi connectivity index (χ0v) is 25.5. The van der Waals surface area contributed by atoms with E-state index in [4.69, 9.17) is 10.5 Å². The molecule has 0 radical (unpaired) electrons. The molecule has 3 aromatic rings. The maximum Gasteiger partial charge on any atom is 0.178 e. The Bertz CT molecular complexity index is 1660. The molecule has 0 unspecified atom stereocenters. The van der Waals surface area contributed by atoms with Crippen molar-refractivity contribution in [2.24, 2.45) is 28.6 Å². The lowest BCUT2D eigenvalue weighted by Crippen LogP contribution is -2.50. The number of hydrogen-bond acceptors (Lipinski definition) is 6. The number of allylic oxidation sites excluding steroid dienone is 4. The van der Waals surface area contributed by atoms with E-state index < -0.39 is 0 Å². The van der Waals surface area contributed by atoms with Gasteiger partial charge in [-0.3, -0.25) is 9.59 Å². The van der Waals surface area contributed by atoms with Gasteiger partial charge in [0.2, 0.25) is 0 Å². The average Bonchev–Trinajstić information content (AvgIpc) is 3.67. The summed E-state index contributed by atoms with van der Waals surface area (Å²) >= 11 is 0. The molecule has 3 fully saturated rings. The van der Waals surface area contributed by atoms with Crippen molar-refractivity contribution in [1.82, 2.24) is 14.8 Å². The minimum absolute atomic E-state index is 0.0547. The molecule has 4 aliphatic carbocycles. The van der Waals surface area contributed by atoms with Crippen LogP contribution < -0.4 is 0 Å². The summed E-state index contributed by atoms with van der Waals surface area (Å²) in [4.78, 5) is 28.3. The van der Waals surface area contributed by atoms with Crippen LogP contribution in [0.1, 0.15) is 87.6 Å². The van der Waals surface area contributed by atoms with Crippen LogP contribution in [0, 0.1) is 51.2 Å². The van der Waals surface area contributed by atoms with Crippen LogP contribution in [0.5, 0.6) is 0 Å². The molecule has 0 N–H and O–H groups in total. The van der Waals surface area contributed by atoms with Crippen molar-refractivity contribution in [1.29, 1.82) is 10.5 Å². The van der Waals surface area contributed by atoms with Crippen molar-refractivity contribution in [3.8, 4) is 12.1 Å². The summed E-state index contributed by atoms with van der Waals surface area (Å²) in [7, 11) is 0. The molecular formula is C37H37N5O2. The summed E-state index contributed by atoms with van der Waals surface area (Å²) in [5, 5.41) is 22.1. The van der Waals surface area contributed by atoms with E-state index in [1.807, 2.05) is 36.4 Å². The van der Waals surface area contributed by atoms with E-state index in [2.05, 4.69) is 43.0 Å². The second-order valence-electron chi connectivity index (χ2n) is 13.2. The van der Waals surface area contributed by atoms with E-state index in [-0.39, 0.29) is 22.7 Å². The highest BCUT2D eigenvalue weighted by Gasteiger charge is 2.59. The number of carbonyl (C=O) groups is 2. The van der Waals surface area contributed by atoms with Gasteiger partial charge in [-0.2, -0.15) is 15.6 Å². The van der Waals surface area contributed by atoms with Crippen molar-refractivity contribution in [2.75, 3.05) is 0 Å². The Hall–Kier alpha value is -4.62. The van der Waals surface area contributed by atoms with Crippen LogP contribution in [0.15, 0.2) is 84.5 Å². The number of carbonyl (C=O) groups excluding carboxylic acids is 2. The minimum atomic E-state index is -0.150. The predicted octanol–water partition coefficient (Wildman–Crippen LogP) is 6.91. The average molecular weight is 584 g/mol. The SMILES string of the molecule is CC1=CC(=O)C=C2CC[C@@H]3[C@H](CC[C@]4(C)C(=O)CC[C@@H]34)[C@@]12C.N#Cc1ccc(C(c2ccc(C#N)cc2)n2cncn2)cc1. The van der Waals surface area contributed by atoms with Gasteiger partial charge in [0.1, 0.15) is 24.5 Å². The number of fused-ring (bicyclic) bond motifs is 5. The fourth-order valence-corrected chi connectivity index (χ4v) is 8.67. The number of rotatable bonds is 3. The van der Waals surface area contributed by atoms with Crippen molar-refractivity contribution >= 4 is 11.6 Å². The molecule has 0 saturated heterocycles. The monoisotopic (exact) mass is 583 g/mol. The van der Waals surface area contributed by atoms with Crippen molar-refractivity contribution in [3.05, 3.63) is 107 Å². The number of benzene rings is 2. The molecule has 0 amide bonds. The second kappa shape index (κ2) is 11.5. The molecule has 222 valence electrons. The van der Waals surface area contributed by atoms with Crippen LogP contribution in [-0.4, -0.2) is 26.3 Å². The normalized spacial score (nSPS) is 28.7. The van der Waals surface area contributed by atoms with Crippen LogP contribution in [0.25, 0.3) is 0 Å². The van der Waals surface area contributed by atoms with Crippen LogP contribution >= 0.6 is 0 Å². The van der Waals surface area contributed by atoms with Gasteiger partial charge in [-0.15, -0.1) is 0 Å². The van der Waals surface area contributed by atoms with Gasteiger partial charge >= 0.3 is 0 Å². The standard InChI is InChI=1S/C20H26O2.C17H11N5/c1-12-10-14(21)11-13-4-5-15-16-6-7-18(22)19(16,2)9-8-17(15)20(12,13)3;18-9-13-1-5-15(6-2-13)17(22-12-20-11-21-22)16-7-3-14(10-19)4-8-16/h10-11,15-17H,4-9H2,1-3H3;1-8,11-12,17H/t15-,16-,17-,19-,20-;/m0./s1. The maximum absolute atomic E-state index is 12.4. The van der Waals surface area contributed by atoms with Crippen molar-refractivity contribution in [3.63, 3.8) is 0 Å². The summed E-state index contributed by atoms with van der Waals surface area (Å²) in [6.07, 6.45) is 13.1. The number of Topliss-reactive ketones (excluding diaryl/α,β-unsaturated/α-hetero) is 1. The summed E-state index contributed by atoms with van der Waals surface area (Å²) in [6, 6.07) is 18.8. The quantitative estimate of drug-likeness (QED) is 0.331. The Balaban J connectivity index is 0.000000156. The molecule has 4 aliphatic rings. The third-order valence-corrected chi connectivity index (χ3v) is 11.2. The number of nitriles is 2. The summed E-state index contributed by atoms with van der Waals surface area (Å²) in [6.45, 7) is 6.72. The third kappa shape index (κ3) is 4.91. The van der Waals surface area contributed by atoms with Gasteiger partial charge in [-0.25, -0.2) is 9.67 Å². The van der Waals surface area contributed by atoms with Gasteiger partial charge in [0, 0.05) is 17.3 Å². The lowest BCUT2D eigenvalue weighted by Gasteiger charge is -2.57. The molecule has 7 heteroatoms. The van der Waals surface area contributed by atoms with E-state index in [1.165, 1.54) is 23.9 Å². The Morgan fingerprint density at radius 3 is 2.07 bits per heavy atom.